The highest BCUT2D eigenvalue weighted by Gasteiger charge is 2.50. The van der Waals surface area contributed by atoms with Crippen molar-refractivity contribution in [3.63, 3.8) is 0 Å². The van der Waals surface area contributed by atoms with Crippen LogP contribution in [-0.4, -0.2) is 166 Å². The smallest absolute Gasteiger partial charge is 0.387 e. The van der Waals surface area contributed by atoms with Gasteiger partial charge in [-0.15, -0.1) is 0 Å². The summed E-state index contributed by atoms with van der Waals surface area (Å²) in [6.07, 6.45) is -7.83. The minimum Gasteiger partial charge on any atom is -0.387 e. The largest absolute Gasteiger partial charge is 0.481 e. The van der Waals surface area contributed by atoms with Gasteiger partial charge in [0, 0.05) is 37.1 Å². The number of phosphoric ester groups is 3. The first kappa shape index (κ1) is 49.8. The number of phosphoric acid groups is 3. The fourth-order valence-electron chi connectivity index (χ4n) is 5.24. The summed E-state index contributed by atoms with van der Waals surface area (Å²) in [6, 6.07) is 0. The van der Waals surface area contributed by atoms with Crippen LogP contribution in [0.4, 0.5) is 5.82 Å². The van der Waals surface area contributed by atoms with E-state index in [1.54, 1.807) is 0 Å². The number of nitrogen functional groups attached to an aromatic ring is 1. The molecule has 2 aromatic heterocycles. The molecule has 1 fully saturated rings. The van der Waals surface area contributed by atoms with Gasteiger partial charge in [0.25, 0.3) is 0 Å². The number of aliphatic hydroxyl groups is 3. The minimum absolute atomic E-state index is 0.0256. The highest BCUT2D eigenvalue weighted by atomic mass is 32.2. The first-order chi connectivity index (χ1) is 26.6. The van der Waals surface area contributed by atoms with E-state index in [0.717, 1.165) is 29.0 Å². The number of nitrogens with one attached hydrogen (secondary N) is 2. The maximum Gasteiger partial charge on any atom is 0.481 e. The normalized spacial score (nSPS) is 22.2. The predicted molar refractivity (Wildman–Crippen MR) is 201 cm³/mol. The zero-order valence-corrected chi connectivity index (χ0v) is 35.5. The van der Waals surface area contributed by atoms with Gasteiger partial charge in [-0.3, -0.25) is 32.5 Å². The summed E-state index contributed by atoms with van der Waals surface area (Å²) in [7, 11) is -10.8. The third-order valence-corrected chi connectivity index (χ3v) is 11.9. The van der Waals surface area contributed by atoms with Crippen molar-refractivity contribution >= 4 is 69.1 Å². The van der Waals surface area contributed by atoms with Crippen LogP contribution in [0.3, 0.4) is 0 Å². The molecule has 11 N–H and O–H groups in total. The van der Waals surface area contributed by atoms with Crippen LogP contribution in [-0.2, 0) is 50.7 Å². The Morgan fingerprint density at radius 2 is 1.69 bits per heavy atom. The molecule has 0 aromatic carbocycles. The van der Waals surface area contributed by atoms with Gasteiger partial charge in [-0.05, 0) is 0 Å². The van der Waals surface area contributed by atoms with Gasteiger partial charge in [-0.25, -0.2) is 28.6 Å². The summed E-state index contributed by atoms with van der Waals surface area (Å²) in [4.78, 5) is 87.7. The SMILES string of the molecule is CC(C)(COP(=O)(O)OP(=O)(O)OC[C@H]1O[C@@H](n2cnc3c(N)ncnc32)[C@H](O)[C@@H]1OP(=O)(O)O)[C@@H](O)C(=O)NCCC(=O)NCCSC(=O)C[C@@H](O)C[N+](C)(C)C. The number of nitrogens with two attached hydrogens (primary N) is 1. The van der Waals surface area contributed by atoms with Crippen molar-refractivity contribution in [2.24, 2.45) is 5.41 Å². The second-order valence-corrected chi connectivity index (χ2v) is 20.0. The van der Waals surface area contributed by atoms with Gasteiger partial charge < -0.3 is 60.5 Å². The standard InChI is InChI=1S/C28H49N8O18P3S/c1-28(2,23(41)26(42)31-7-6-18(38)30-8-9-58-19(39)10-16(37)11-36(3,4)5)13-51-57(48,49)54-56(46,47)50-12-17-22(53-55(43,44)45)21(40)27(52-17)35-15-34-20-24(29)32-14-33-25(20)35/h14-17,21-23,27,37,40-41H,6-13H2,1-5H3,(H7-,29,30,31,32,33,38,42,43,44,45,46,47,48,49)/p+1/t16-,17-,21-,22-,23+,27-/m1/s1. The number of likely N-dealkylation sites (N-methyl/N-ethyl adjacent to an activating group) is 1. The van der Waals surface area contributed by atoms with Crippen molar-refractivity contribution in [1.29, 1.82) is 0 Å². The third-order valence-electron chi connectivity index (χ3n) is 7.93. The van der Waals surface area contributed by atoms with Crippen LogP contribution in [0.2, 0.25) is 0 Å². The van der Waals surface area contributed by atoms with Crippen LogP contribution in [0.1, 0.15) is 32.9 Å². The molecule has 3 rings (SSSR count). The van der Waals surface area contributed by atoms with Crippen LogP contribution in [0, 0.1) is 5.41 Å². The molecular formula is C28H50N8O18P3S+. The molecule has 2 aromatic rings. The van der Waals surface area contributed by atoms with Crippen molar-refractivity contribution in [1.82, 2.24) is 30.2 Å². The van der Waals surface area contributed by atoms with Crippen molar-refractivity contribution in [3.8, 4) is 0 Å². The van der Waals surface area contributed by atoms with E-state index >= 15 is 0 Å². The Balaban J connectivity index is 1.46. The van der Waals surface area contributed by atoms with Crippen LogP contribution < -0.4 is 16.4 Å². The molecule has 8 atom stereocenters. The van der Waals surface area contributed by atoms with Gasteiger partial charge in [-0.2, -0.15) is 4.31 Å². The van der Waals surface area contributed by atoms with Crippen molar-refractivity contribution in [2.45, 2.75) is 63.4 Å². The Morgan fingerprint density at radius 3 is 2.33 bits per heavy atom. The molecule has 2 amide bonds. The molecule has 2 unspecified atom stereocenters. The van der Waals surface area contributed by atoms with E-state index in [2.05, 4.69) is 34.4 Å². The van der Waals surface area contributed by atoms with Gasteiger partial charge >= 0.3 is 23.5 Å². The number of imidazole rings is 1. The molecule has 1 aliphatic rings. The lowest BCUT2D eigenvalue weighted by Gasteiger charge is -2.30. The second kappa shape index (κ2) is 20.4. The number of aliphatic hydroxyl groups excluding tert-OH is 3. The molecule has 0 saturated carbocycles. The van der Waals surface area contributed by atoms with Crippen molar-refractivity contribution < 1.29 is 90.1 Å². The first-order valence-electron chi connectivity index (χ1n) is 17.1. The maximum absolute atomic E-state index is 12.7. The Hall–Kier alpha value is -2.52. The predicted octanol–water partition coefficient (Wildman–Crippen LogP) is -1.88. The Morgan fingerprint density at radius 1 is 1.03 bits per heavy atom. The lowest BCUT2D eigenvalue weighted by molar-refractivity contribution is -0.873. The fraction of sp³-hybridized carbons (Fsp3) is 0.714. The minimum atomic E-state index is -5.58. The maximum atomic E-state index is 12.7. The zero-order valence-electron chi connectivity index (χ0n) is 32.0. The quantitative estimate of drug-likeness (QED) is 0.0331. The van der Waals surface area contributed by atoms with Gasteiger partial charge in [0.2, 0.25) is 11.8 Å². The van der Waals surface area contributed by atoms with Gasteiger partial charge in [0.1, 0.15) is 48.9 Å². The number of aromatic nitrogens is 4. The number of carbonyl (C=O) groups is 3. The summed E-state index contributed by atoms with van der Waals surface area (Å²) in [5.74, 6) is -1.26. The van der Waals surface area contributed by atoms with Crippen LogP contribution >= 0.6 is 35.2 Å². The van der Waals surface area contributed by atoms with E-state index in [-0.39, 0.29) is 53.8 Å². The van der Waals surface area contributed by atoms with Crippen LogP contribution in [0.25, 0.3) is 11.2 Å². The first-order valence-corrected chi connectivity index (χ1v) is 22.6. The molecule has 58 heavy (non-hydrogen) atoms. The number of fused-ring (bicyclic) bond motifs is 1. The van der Waals surface area contributed by atoms with E-state index in [0.29, 0.717) is 11.0 Å². The molecule has 1 aliphatic heterocycles. The number of thioether (sulfide) groups is 1. The lowest BCUT2D eigenvalue weighted by atomic mass is 9.87. The molecule has 26 nitrogen and oxygen atoms in total. The molecule has 30 heteroatoms. The number of hydrogen-bond acceptors (Lipinski definition) is 19. The molecule has 0 spiro atoms. The number of ether oxygens (including phenoxy) is 1. The number of nitrogens with zero attached hydrogens (tertiary/aromatic N) is 5. The Bertz CT molecular complexity index is 1900. The van der Waals surface area contributed by atoms with Gasteiger partial charge in [0.05, 0.1) is 40.7 Å². The molecule has 0 aliphatic carbocycles. The number of amides is 2. The third kappa shape index (κ3) is 15.8. The van der Waals surface area contributed by atoms with Crippen LogP contribution in [0.15, 0.2) is 12.7 Å². The number of anilines is 1. The molecule has 330 valence electrons. The van der Waals surface area contributed by atoms with E-state index in [9.17, 15) is 63.0 Å². The van der Waals surface area contributed by atoms with Gasteiger partial charge in [0.15, 0.2) is 22.8 Å². The van der Waals surface area contributed by atoms with Crippen LogP contribution in [0.5, 0.6) is 0 Å². The zero-order chi connectivity index (χ0) is 43.9. The summed E-state index contributed by atoms with van der Waals surface area (Å²) in [5, 5.41) is 36.1. The summed E-state index contributed by atoms with van der Waals surface area (Å²) < 4.78 is 62.6. The number of hydrogen-bond donors (Lipinski definition) is 10. The summed E-state index contributed by atoms with van der Waals surface area (Å²) >= 11 is 0.958. The Kier molecular flexibility index (Phi) is 17.5. The number of rotatable bonds is 23. The van der Waals surface area contributed by atoms with Gasteiger partial charge in [-0.1, -0.05) is 25.6 Å². The number of carbonyl (C=O) groups excluding carboxylic acids is 3. The fourth-order valence-corrected chi connectivity index (χ4v) is 8.81. The van der Waals surface area contributed by atoms with E-state index in [1.165, 1.54) is 13.8 Å². The second-order valence-electron chi connectivity index (χ2n) is 14.6. The summed E-state index contributed by atoms with van der Waals surface area (Å²) in [5.41, 5.74) is 4.23. The molecular weight excluding hydrogens is 861 g/mol. The monoisotopic (exact) mass is 911 g/mol. The van der Waals surface area contributed by atoms with Crippen molar-refractivity contribution in [3.05, 3.63) is 12.7 Å². The molecule has 0 radical (unpaired) electrons. The highest BCUT2D eigenvalue weighted by molar-refractivity contribution is 8.13. The topological polar surface area (TPSA) is 384 Å². The molecule has 3 heterocycles. The van der Waals surface area contributed by atoms with E-state index in [4.69, 9.17) is 19.5 Å². The highest BCUT2D eigenvalue weighted by Crippen LogP contribution is 2.61. The average Bonchev–Trinajstić information content (AvgIpc) is 3.63. The van der Waals surface area contributed by atoms with E-state index in [1.807, 2.05) is 21.1 Å². The van der Waals surface area contributed by atoms with Crippen molar-refractivity contribution in [2.75, 3.05) is 65.5 Å². The average molecular weight is 912 g/mol. The number of quaternary nitrogens is 1. The molecule has 1 saturated heterocycles. The van der Waals surface area contributed by atoms with E-state index < -0.39 is 90.7 Å². The Labute approximate surface area is 335 Å². The lowest BCUT2D eigenvalue weighted by Crippen LogP contribution is -2.46. The molecule has 0 bridgehead atoms. The summed E-state index contributed by atoms with van der Waals surface area (Å²) in [6.45, 7) is 0.747.